The lowest BCUT2D eigenvalue weighted by Crippen LogP contribution is -2.57. The molecular weight excluding hydrogens is 408 g/mol. The van der Waals surface area contributed by atoms with Gasteiger partial charge in [0.2, 0.25) is 10.0 Å². The van der Waals surface area contributed by atoms with Gasteiger partial charge in [-0.3, -0.25) is 4.98 Å². The molecule has 162 valence electrons. The third kappa shape index (κ3) is 3.60. The molecule has 3 aromatic rings. The highest BCUT2D eigenvalue weighted by Crippen LogP contribution is 2.48. The van der Waals surface area contributed by atoms with Crippen molar-refractivity contribution in [1.29, 1.82) is 0 Å². The third-order valence-corrected chi connectivity index (χ3v) is 8.34. The number of hydrogen-bond donors (Lipinski definition) is 1. The first-order valence-corrected chi connectivity index (χ1v) is 12.2. The summed E-state index contributed by atoms with van der Waals surface area (Å²) in [5, 5.41) is 1.01. The van der Waals surface area contributed by atoms with Crippen LogP contribution < -0.4 is 9.62 Å². The quantitative estimate of drug-likeness (QED) is 0.643. The number of benzene rings is 2. The summed E-state index contributed by atoms with van der Waals surface area (Å²) in [6.07, 6.45) is 3.34. The molecular formula is C24H28N4O2S. The van der Waals surface area contributed by atoms with Crippen molar-refractivity contribution in [3.8, 4) is 0 Å². The highest BCUT2D eigenvalue weighted by molar-refractivity contribution is 7.89. The second-order valence-electron chi connectivity index (χ2n) is 9.04. The van der Waals surface area contributed by atoms with Crippen LogP contribution in [0.1, 0.15) is 24.0 Å². The van der Waals surface area contributed by atoms with Gasteiger partial charge in [-0.15, -0.1) is 0 Å². The van der Waals surface area contributed by atoms with Crippen molar-refractivity contribution in [3.63, 3.8) is 0 Å². The standard InChI is InChI=1S/C24H28N4O2S/c1-17-9-10-18(28-15-19(16-28)27(2)3)14-23(17)31(29,30)26-24(11-12-24)21-7-4-8-22-20(21)6-5-13-25-22/h4-10,13-14,19,26H,11-12,15-16H2,1-3H3. The molecule has 1 N–H and O–H groups in total. The SMILES string of the molecule is Cc1ccc(N2CC(N(C)C)C2)cc1S(=O)(=O)NC1(c2cccc3ncccc23)CC1. The molecule has 31 heavy (non-hydrogen) atoms. The molecule has 5 rings (SSSR count). The van der Waals surface area contributed by atoms with Crippen LogP contribution >= 0.6 is 0 Å². The Kier molecular flexibility index (Phi) is 4.80. The van der Waals surface area contributed by atoms with Crippen LogP contribution in [0.25, 0.3) is 10.9 Å². The smallest absolute Gasteiger partial charge is 0.241 e. The Balaban J connectivity index is 1.45. The Hall–Kier alpha value is -2.48. The molecule has 1 aliphatic heterocycles. The van der Waals surface area contributed by atoms with Crippen LogP contribution in [-0.4, -0.2) is 51.5 Å². The van der Waals surface area contributed by atoms with E-state index < -0.39 is 15.6 Å². The van der Waals surface area contributed by atoms with E-state index in [4.69, 9.17) is 0 Å². The van der Waals surface area contributed by atoms with Crippen molar-refractivity contribution in [3.05, 3.63) is 65.9 Å². The highest BCUT2D eigenvalue weighted by atomic mass is 32.2. The van der Waals surface area contributed by atoms with Crippen LogP contribution in [0.2, 0.25) is 0 Å². The second kappa shape index (κ2) is 7.29. The first-order chi connectivity index (χ1) is 14.8. The molecule has 0 bridgehead atoms. The molecule has 0 amide bonds. The maximum Gasteiger partial charge on any atom is 0.241 e. The number of rotatable bonds is 6. The lowest BCUT2D eigenvalue weighted by atomic mass is 10.0. The minimum Gasteiger partial charge on any atom is -0.368 e. The molecule has 1 saturated heterocycles. The lowest BCUT2D eigenvalue weighted by molar-refractivity contribution is 0.247. The average Bonchev–Trinajstić information content (AvgIpc) is 3.47. The number of likely N-dealkylation sites (N-methyl/N-ethyl adjacent to an activating group) is 1. The van der Waals surface area contributed by atoms with E-state index in [0.717, 1.165) is 53.6 Å². The Labute approximate surface area is 183 Å². The van der Waals surface area contributed by atoms with E-state index in [9.17, 15) is 8.42 Å². The zero-order chi connectivity index (χ0) is 21.8. The van der Waals surface area contributed by atoms with Crippen molar-refractivity contribution in [2.75, 3.05) is 32.1 Å². The number of anilines is 1. The summed E-state index contributed by atoms with van der Waals surface area (Å²) in [6.45, 7) is 3.68. The maximum absolute atomic E-state index is 13.5. The Morgan fingerprint density at radius 3 is 2.58 bits per heavy atom. The molecule has 2 aliphatic rings. The average molecular weight is 437 g/mol. The summed E-state index contributed by atoms with van der Waals surface area (Å²) < 4.78 is 30.1. The predicted octanol–water partition coefficient (Wildman–Crippen LogP) is 3.26. The number of hydrogen-bond acceptors (Lipinski definition) is 5. The number of sulfonamides is 1. The van der Waals surface area contributed by atoms with Gasteiger partial charge in [0.05, 0.1) is 16.0 Å². The van der Waals surface area contributed by atoms with E-state index in [1.54, 1.807) is 6.20 Å². The normalized spacial score (nSPS) is 18.4. The van der Waals surface area contributed by atoms with Crippen LogP contribution in [0.15, 0.2) is 59.6 Å². The molecule has 6 nitrogen and oxygen atoms in total. The molecule has 0 spiro atoms. The van der Waals surface area contributed by atoms with Gasteiger partial charge in [-0.05, 0) is 69.3 Å². The lowest BCUT2D eigenvalue weighted by Gasteiger charge is -2.44. The van der Waals surface area contributed by atoms with E-state index in [0.29, 0.717) is 10.9 Å². The van der Waals surface area contributed by atoms with Gasteiger partial charge >= 0.3 is 0 Å². The Morgan fingerprint density at radius 2 is 1.87 bits per heavy atom. The summed E-state index contributed by atoms with van der Waals surface area (Å²) in [6, 6.07) is 16.1. The molecule has 0 atom stereocenters. The molecule has 0 unspecified atom stereocenters. The summed E-state index contributed by atoms with van der Waals surface area (Å²) in [5.74, 6) is 0. The molecule has 0 radical (unpaired) electrons. The number of aryl methyl sites for hydroxylation is 1. The van der Waals surface area contributed by atoms with Gasteiger partial charge in [0, 0.05) is 36.4 Å². The molecule has 7 heteroatoms. The molecule has 2 heterocycles. The fourth-order valence-corrected chi connectivity index (χ4v) is 6.16. The van der Waals surface area contributed by atoms with Crippen molar-refractivity contribution in [2.24, 2.45) is 0 Å². The summed E-state index contributed by atoms with van der Waals surface area (Å²) >= 11 is 0. The summed E-state index contributed by atoms with van der Waals surface area (Å²) in [4.78, 5) is 9.23. The number of fused-ring (bicyclic) bond motifs is 1. The first kappa shape index (κ1) is 20.4. The number of aromatic nitrogens is 1. The Morgan fingerprint density at radius 1 is 1.10 bits per heavy atom. The third-order valence-electron chi connectivity index (χ3n) is 6.66. The van der Waals surface area contributed by atoms with Crippen molar-refractivity contribution >= 4 is 26.6 Å². The highest BCUT2D eigenvalue weighted by Gasteiger charge is 2.48. The van der Waals surface area contributed by atoms with Gasteiger partial charge in [0.15, 0.2) is 0 Å². The largest absolute Gasteiger partial charge is 0.368 e. The predicted molar refractivity (Wildman–Crippen MR) is 124 cm³/mol. The fourth-order valence-electron chi connectivity index (χ4n) is 4.45. The zero-order valence-electron chi connectivity index (χ0n) is 18.2. The van der Waals surface area contributed by atoms with Gasteiger partial charge in [-0.25, -0.2) is 13.1 Å². The molecule has 2 fully saturated rings. The number of pyridine rings is 1. The van der Waals surface area contributed by atoms with Crippen LogP contribution in [0.4, 0.5) is 5.69 Å². The van der Waals surface area contributed by atoms with E-state index in [2.05, 4.69) is 33.6 Å². The van der Waals surface area contributed by atoms with Crippen molar-refractivity contribution in [1.82, 2.24) is 14.6 Å². The van der Waals surface area contributed by atoms with Gasteiger partial charge in [-0.1, -0.05) is 24.3 Å². The van der Waals surface area contributed by atoms with E-state index in [1.807, 2.05) is 55.5 Å². The van der Waals surface area contributed by atoms with Crippen LogP contribution in [0, 0.1) is 6.92 Å². The van der Waals surface area contributed by atoms with Crippen molar-refractivity contribution < 1.29 is 8.42 Å². The van der Waals surface area contributed by atoms with Crippen LogP contribution in [0.3, 0.4) is 0 Å². The second-order valence-corrected chi connectivity index (χ2v) is 10.7. The minimum atomic E-state index is -3.68. The molecule has 1 aromatic heterocycles. The van der Waals surface area contributed by atoms with Crippen molar-refractivity contribution in [2.45, 2.75) is 36.2 Å². The molecule has 1 saturated carbocycles. The maximum atomic E-state index is 13.5. The van der Waals surface area contributed by atoms with Gasteiger partial charge in [0.25, 0.3) is 0 Å². The van der Waals surface area contributed by atoms with E-state index >= 15 is 0 Å². The monoisotopic (exact) mass is 436 g/mol. The number of nitrogens with one attached hydrogen (secondary N) is 1. The van der Waals surface area contributed by atoms with Gasteiger partial charge in [-0.2, -0.15) is 0 Å². The Bertz CT molecular complexity index is 1240. The van der Waals surface area contributed by atoms with Gasteiger partial charge in [0.1, 0.15) is 0 Å². The van der Waals surface area contributed by atoms with Crippen LogP contribution in [-0.2, 0) is 15.6 Å². The van der Waals surface area contributed by atoms with Crippen LogP contribution in [0.5, 0.6) is 0 Å². The molecule has 1 aliphatic carbocycles. The van der Waals surface area contributed by atoms with Gasteiger partial charge < -0.3 is 9.80 Å². The topological polar surface area (TPSA) is 65.5 Å². The van der Waals surface area contributed by atoms with E-state index in [-0.39, 0.29) is 0 Å². The minimum absolute atomic E-state index is 0.364. The number of nitrogens with zero attached hydrogens (tertiary/aromatic N) is 3. The molecule has 2 aromatic carbocycles. The summed E-state index contributed by atoms with van der Waals surface area (Å²) in [5.41, 5.74) is 3.06. The fraction of sp³-hybridized carbons (Fsp3) is 0.375. The first-order valence-electron chi connectivity index (χ1n) is 10.7. The summed E-state index contributed by atoms with van der Waals surface area (Å²) in [7, 11) is 0.476. The van der Waals surface area contributed by atoms with E-state index in [1.165, 1.54) is 0 Å². The zero-order valence-corrected chi connectivity index (χ0v) is 19.0.